The quantitative estimate of drug-likeness (QED) is 0.632. The number of ether oxygens (including phenoxy) is 1. The molecule has 1 aliphatic carbocycles. The lowest BCUT2D eigenvalue weighted by molar-refractivity contribution is -0.140. The standard InChI is InChI=1S/C10H18O2/c1-4-12-10(2,3)9(11)7-8-5-6-8/h8H,4-7H2,1-3H3. The predicted octanol–water partition coefficient (Wildman–Crippen LogP) is 2.17. The molecule has 0 heterocycles. The molecule has 0 aliphatic heterocycles. The van der Waals surface area contributed by atoms with Gasteiger partial charge in [-0.3, -0.25) is 4.79 Å². The van der Waals surface area contributed by atoms with Crippen molar-refractivity contribution in [2.75, 3.05) is 6.61 Å². The molecule has 2 heteroatoms. The summed E-state index contributed by atoms with van der Waals surface area (Å²) in [6, 6.07) is 0. The van der Waals surface area contributed by atoms with Crippen LogP contribution in [-0.4, -0.2) is 18.0 Å². The lowest BCUT2D eigenvalue weighted by atomic mass is 9.99. The van der Waals surface area contributed by atoms with Crippen molar-refractivity contribution < 1.29 is 9.53 Å². The van der Waals surface area contributed by atoms with Crippen LogP contribution in [0, 0.1) is 5.92 Å². The van der Waals surface area contributed by atoms with Crippen LogP contribution in [0.3, 0.4) is 0 Å². The fourth-order valence-corrected chi connectivity index (χ4v) is 1.27. The topological polar surface area (TPSA) is 26.3 Å². The Balaban J connectivity index is 2.36. The second-order valence-corrected chi connectivity index (χ2v) is 4.01. The lowest BCUT2D eigenvalue weighted by Crippen LogP contribution is -2.35. The normalized spacial score (nSPS) is 17.9. The predicted molar refractivity (Wildman–Crippen MR) is 48.1 cm³/mol. The van der Waals surface area contributed by atoms with E-state index in [-0.39, 0.29) is 5.78 Å². The van der Waals surface area contributed by atoms with Gasteiger partial charge in [0.15, 0.2) is 5.78 Å². The zero-order valence-corrected chi connectivity index (χ0v) is 8.22. The van der Waals surface area contributed by atoms with Gasteiger partial charge in [-0.05, 0) is 39.5 Å². The fraction of sp³-hybridized carbons (Fsp3) is 0.900. The van der Waals surface area contributed by atoms with Gasteiger partial charge in [0.05, 0.1) is 0 Å². The molecule has 0 atom stereocenters. The maximum absolute atomic E-state index is 11.6. The van der Waals surface area contributed by atoms with Gasteiger partial charge in [0, 0.05) is 13.0 Å². The van der Waals surface area contributed by atoms with Crippen molar-refractivity contribution in [3.05, 3.63) is 0 Å². The Bertz CT molecular complexity index is 169. The van der Waals surface area contributed by atoms with Crippen molar-refractivity contribution >= 4 is 5.78 Å². The maximum atomic E-state index is 11.6. The van der Waals surface area contributed by atoms with Crippen LogP contribution < -0.4 is 0 Å². The van der Waals surface area contributed by atoms with E-state index in [4.69, 9.17) is 4.74 Å². The summed E-state index contributed by atoms with van der Waals surface area (Å²) in [7, 11) is 0. The molecule has 0 radical (unpaired) electrons. The van der Waals surface area contributed by atoms with Crippen LogP contribution in [0.2, 0.25) is 0 Å². The van der Waals surface area contributed by atoms with Gasteiger partial charge in [-0.25, -0.2) is 0 Å². The van der Waals surface area contributed by atoms with E-state index in [0.717, 1.165) is 0 Å². The third-order valence-electron chi connectivity index (χ3n) is 2.35. The summed E-state index contributed by atoms with van der Waals surface area (Å²) in [6.45, 7) is 6.26. The first-order valence-electron chi connectivity index (χ1n) is 4.73. The molecule has 0 aromatic rings. The second kappa shape index (κ2) is 3.56. The van der Waals surface area contributed by atoms with E-state index in [1.807, 2.05) is 20.8 Å². The molecule has 1 rings (SSSR count). The van der Waals surface area contributed by atoms with Crippen molar-refractivity contribution in [1.82, 2.24) is 0 Å². The summed E-state index contributed by atoms with van der Waals surface area (Å²) in [4.78, 5) is 11.6. The molecule has 0 aromatic heterocycles. The molecule has 0 bridgehead atoms. The van der Waals surface area contributed by atoms with E-state index in [9.17, 15) is 4.79 Å². The number of hydrogen-bond donors (Lipinski definition) is 0. The van der Waals surface area contributed by atoms with Crippen LogP contribution in [0.15, 0.2) is 0 Å². The van der Waals surface area contributed by atoms with Gasteiger partial charge in [0.2, 0.25) is 0 Å². The van der Waals surface area contributed by atoms with Gasteiger partial charge in [0.1, 0.15) is 5.60 Å². The minimum atomic E-state index is -0.558. The van der Waals surface area contributed by atoms with Crippen LogP contribution >= 0.6 is 0 Å². The Hall–Kier alpha value is -0.370. The van der Waals surface area contributed by atoms with E-state index >= 15 is 0 Å². The van der Waals surface area contributed by atoms with E-state index in [1.54, 1.807) is 0 Å². The number of carbonyl (C=O) groups is 1. The van der Waals surface area contributed by atoms with Crippen LogP contribution in [0.5, 0.6) is 0 Å². The van der Waals surface area contributed by atoms with Gasteiger partial charge in [-0.15, -0.1) is 0 Å². The Morgan fingerprint density at radius 2 is 2.08 bits per heavy atom. The Labute approximate surface area is 74.3 Å². The lowest BCUT2D eigenvalue weighted by Gasteiger charge is -2.22. The highest BCUT2D eigenvalue weighted by Crippen LogP contribution is 2.34. The molecule has 0 N–H and O–H groups in total. The molecule has 0 aromatic carbocycles. The molecule has 1 fully saturated rings. The van der Waals surface area contributed by atoms with Gasteiger partial charge in [-0.2, -0.15) is 0 Å². The van der Waals surface area contributed by atoms with Gasteiger partial charge in [-0.1, -0.05) is 0 Å². The van der Waals surface area contributed by atoms with Crippen LogP contribution in [-0.2, 0) is 9.53 Å². The highest BCUT2D eigenvalue weighted by molar-refractivity contribution is 5.86. The van der Waals surface area contributed by atoms with Crippen molar-refractivity contribution in [3.63, 3.8) is 0 Å². The van der Waals surface area contributed by atoms with E-state index in [0.29, 0.717) is 18.9 Å². The summed E-state index contributed by atoms with van der Waals surface area (Å²) in [5.41, 5.74) is -0.558. The van der Waals surface area contributed by atoms with Gasteiger partial charge < -0.3 is 4.74 Å². The van der Waals surface area contributed by atoms with Crippen LogP contribution in [0.1, 0.15) is 40.0 Å². The monoisotopic (exact) mass is 170 g/mol. The molecule has 0 unspecified atom stereocenters. The van der Waals surface area contributed by atoms with E-state index in [2.05, 4.69) is 0 Å². The SMILES string of the molecule is CCOC(C)(C)C(=O)CC1CC1. The number of hydrogen-bond acceptors (Lipinski definition) is 2. The molecule has 12 heavy (non-hydrogen) atoms. The van der Waals surface area contributed by atoms with E-state index in [1.165, 1.54) is 12.8 Å². The summed E-state index contributed by atoms with van der Waals surface area (Å²) in [5.74, 6) is 0.920. The molecule has 0 spiro atoms. The van der Waals surface area contributed by atoms with Crippen LogP contribution in [0.25, 0.3) is 0 Å². The third kappa shape index (κ3) is 2.59. The molecule has 1 saturated carbocycles. The summed E-state index contributed by atoms with van der Waals surface area (Å²) in [5, 5.41) is 0. The highest BCUT2D eigenvalue weighted by atomic mass is 16.5. The smallest absolute Gasteiger partial charge is 0.164 e. The molecule has 2 nitrogen and oxygen atoms in total. The molecule has 0 amide bonds. The second-order valence-electron chi connectivity index (χ2n) is 4.01. The molecule has 0 saturated heterocycles. The summed E-state index contributed by atoms with van der Waals surface area (Å²) < 4.78 is 5.37. The first kappa shape index (κ1) is 9.72. The Morgan fingerprint density at radius 3 is 2.50 bits per heavy atom. The first-order valence-corrected chi connectivity index (χ1v) is 4.73. The zero-order chi connectivity index (χ0) is 9.19. The van der Waals surface area contributed by atoms with Crippen molar-refractivity contribution in [3.8, 4) is 0 Å². The number of carbonyl (C=O) groups excluding carboxylic acids is 1. The van der Waals surface area contributed by atoms with Crippen molar-refractivity contribution in [2.24, 2.45) is 5.92 Å². The van der Waals surface area contributed by atoms with Crippen molar-refractivity contribution in [2.45, 2.75) is 45.6 Å². The fourth-order valence-electron chi connectivity index (χ4n) is 1.27. The summed E-state index contributed by atoms with van der Waals surface area (Å²) >= 11 is 0. The largest absolute Gasteiger partial charge is 0.368 e. The third-order valence-corrected chi connectivity index (χ3v) is 2.35. The number of rotatable bonds is 5. The minimum absolute atomic E-state index is 0.256. The average molecular weight is 170 g/mol. The number of Topliss-reactive ketones (excluding diaryl/α,β-unsaturated/α-hetero) is 1. The molecular formula is C10H18O2. The maximum Gasteiger partial charge on any atom is 0.164 e. The Morgan fingerprint density at radius 1 is 1.50 bits per heavy atom. The zero-order valence-electron chi connectivity index (χ0n) is 8.22. The first-order chi connectivity index (χ1) is 5.56. The van der Waals surface area contributed by atoms with Crippen LogP contribution in [0.4, 0.5) is 0 Å². The van der Waals surface area contributed by atoms with E-state index < -0.39 is 5.60 Å². The Kier molecular flexibility index (Phi) is 2.89. The molecule has 1 aliphatic rings. The summed E-state index contributed by atoms with van der Waals surface area (Å²) in [6.07, 6.45) is 3.18. The van der Waals surface area contributed by atoms with Gasteiger partial charge in [0.25, 0.3) is 0 Å². The minimum Gasteiger partial charge on any atom is -0.368 e. The van der Waals surface area contributed by atoms with Crippen molar-refractivity contribution in [1.29, 1.82) is 0 Å². The highest BCUT2D eigenvalue weighted by Gasteiger charge is 2.33. The molecular weight excluding hydrogens is 152 g/mol. The van der Waals surface area contributed by atoms with Gasteiger partial charge >= 0.3 is 0 Å². The average Bonchev–Trinajstić information content (AvgIpc) is 2.71. The molecule has 70 valence electrons. The number of ketones is 1.